The van der Waals surface area contributed by atoms with E-state index in [1.165, 1.54) is 37.7 Å². The van der Waals surface area contributed by atoms with Crippen LogP contribution in [-0.4, -0.2) is 44.8 Å². The molecule has 164 valence electrons. The van der Waals surface area contributed by atoms with Crippen LogP contribution < -0.4 is 9.54 Å². The molecule has 10 heteroatoms. The molecule has 0 unspecified atom stereocenters. The average Bonchev–Trinajstić information content (AvgIpc) is 3.07. The minimum Gasteiger partial charge on any atom is -0.497 e. The van der Waals surface area contributed by atoms with Crippen LogP contribution in [-0.2, 0) is 26.4 Å². The largest absolute Gasteiger partial charge is 0.497 e. The number of benzene rings is 2. The lowest BCUT2D eigenvalue weighted by atomic mass is 10.2. The van der Waals surface area contributed by atoms with Gasteiger partial charge in [0.1, 0.15) is 5.75 Å². The number of methoxy groups -OCH3 is 2. The van der Waals surface area contributed by atoms with Crippen molar-refractivity contribution in [3.05, 3.63) is 52.8 Å². The molecule has 0 aliphatic heterocycles. The zero-order valence-corrected chi connectivity index (χ0v) is 19.0. The van der Waals surface area contributed by atoms with Gasteiger partial charge in [-0.15, -0.1) is 0 Å². The van der Waals surface area contributed by atoms with Crippen LogP contribution >= 0.6 is 11.3 Å². The molecule has 0 aliphatic rings. The van der Waals surface area contributed by atoms with Gasteiger partial charge in [0, 0.05) is 13.5 Å². The highest BCUT2D eigenvalue weighted by Crippen LogP contribution is 2.20. The van der Waals surface area contributed by atoms with Crippen molar-refractivity contribution in [2.24, 2.45) is 12.0 Å². The van der Waals surface area contributed by atoms with E-state index in [9.17, 15) is 18.0 Å². The van der Waals surface area contributed by atoms with Gasteiger partial charge in [-0.3, -0.25) is 4.79 Å². The summed E-state index contributed by atoms with van der Waals surface area (Å²) < 4.78 is 37.2. The molecular formula is C21H22N2O6S2. The number of carbonyl (C=O) groups excluding carboxylic acids is 2. The van der Waals surface area contributed by atoms with Gasteiger partial charge in [0.25, 0.3) is 0 Å². The molecule has 0 fully saturated rings. The monoisotopic (exact) mass is 462 g/mol. The third-order valence-electron chi connectivity index (χ3n) is 4.67. The molecule has 2 aromatic carbocycles. The molecule has 0 N–H and O–H groups in total. The first-order valence-electron chi connectivity index (χ1n) is 9.37. The topological polar surface area (TPSA) is 104 Å². The number of thiazole rings is 1. The van der Waals surface area contributed by atoms with Crippen molar-refractivity contribution < 1.29 is 27.5 Å². The van der Waals surface area contributed by atoms with Crippen molar-refractivity contribution in [2.75, 3.05) is 20.0 Å². The molecule has 31 heavy (non-hydrogen) atoms. The summed E-state index contributed by atoms with van der Waals surface area (Å²) in [5.41, 5.74) is 1.24. The Balaban J connectivity index is 1.70. The zero-order chi connectivity index (χ0) is 22.6. The number of rotatable bonds is 7. The summed E-state index contributed by atoms with van der Waals surface area (Å²) in [5.74, 6) is -0.421. The van der Waals surface area contributed by atoms with Crippen LogP contribution in [0.25, 0.3) is 10.2 Å². The van der Waals surface area contributed by atoms with Gasteiger partial charge in [-0.05, 0) is 48.9 Å². The van der Waals surface area contributed by atoms with Gasteiger partial charge in [-0.25, -0.2) is 13.2 Å². The lowest BCUT2D eigenvalue weighted by molar-refractivity contribution is -0.118. The number of aryl methyl sites for hydroxylation is 1. The van der Waals surface area contributed by atoms with E-state index in [2.05, 4.69) is 4.99 Å². The average molecular weight is 463 g/mol. The Bertz CT molecular complexity index is 1290. The molecule has 1 amide bonds. The Kier molecular flexibility index (Phi) is 6.91. The highest BCUT2D eigenvalue weighted by molar-refractivity contribution is 7.91. The fourth-order valence-corrected chi connectivity index (χ4v) is 5.35. The van der Waals surface area contributed by atoms with Gasteiger partial charge < -0.3 is 14.0 Å². The Hall–Kier alpha value is -2.98. The molecule has 0 aliphatic carbocycles. The zero-order valence-electron chi connectivity index (χ0n) is 17.3. The van der Waals surface area contributed by atoms with E-state index >= 15 is 0 Å². The van der Waals surface area contributed by atoms with Crippen molar-refractivity contribution in [1.29, 1.82) is 0 Å². The molecule has 0 radical (unpaired) electrons. The van der Waals surface area contributed by atoms with Crippen LogP contribution in [0.1, 0.15) is 23.2 Å². The molecule has 1 aromatic heterocycles. The Labute approximate surface area is 183 Å². The molecule has 0 atom stereocenters. The first-order valence-corrected chi connectivity index (χ1v) is 11.8. The number of fused-ring (bicyclic) bond motifs is 1. The number of aromatic nitrogens is 1. The maximum atomic E-state index is 12.4. The van der Waals surface area contributed by atoms with Gasteiger partial charge in [-0.1, -0.05) is 11.3 Å². The van der Waals surface area contributed by atoms with Crippen LogP contribution in [0.3, 0.4) is 0 Å². The van der Waals surface area contributed by atoms with Crippen LogP contribution in [0.5, 0.6) is 5.75 Å². The quantitative estimate of drug-likeness (QED) is 0.500. The van der Waals surface area contributed by atoms with Gasteiger partial charge in [-0.2, -0.15) is 4.99 Å². The summed E-state index contributed by atoms with van der Waals surface area (Å²) in [4.78, 5) is 28.8. The molecule has 0 saturated heterocycles. The van der Waals surface area contributed by atoms with E-state index in [1.807, 2.05) is 0 Å². The number of hydrogen-bond acceptors (Lipinski definition) is 7. The highest BCUT2D eigenvalue weighted by atomic mass is 32.2. The summed E-state index contributed by atoms with van der Waals surface area (Å²) in [5, 5.41) is 0. The van der Waals surface area contributed by atoms with Crippen LogP contribution in [0.15, 0.2) is 52.4 Å². The molecular weight excluding hydrogens is 440 g/mol. The maximum absolute atomic E-state index is 12.4. The molecule has 0 spiro atoms. The summed E-state index contributed by atoms with van der Waals surface area (Å²) in [6.45, 7) is 0. The summed E-state index contributed by atoms with van der Waals surface area (Å²) in [7, 11) is 1.10. The summed E-state index contributed by atoms with van der Waals surface area (Å²) in [6.07, 6.45) is 0.175. The van der Waals surface area contributed by atoms with E-state index in [0.29, 0.717) is 16.1 Å². The standard InChI is InChI=1S/C21H22N2O6S2/c1-23-17-11-6-14(20(25)29-3)13-18(17)30-21(23)22-19(24)5-4-12-31(26,27)16-9-7-15(28-2)8-10-16/h6-11,13H,4-5,12H2,1-3H3. The van der Waals surface area contributed by atoms with E-state index in [1.54, 1.807) is 41.9 Å². The second-order valence-electron chi connectivity index (χ2n) is 6.72. The molecule has 1 heterocycles. The van der Waals surface area contributed by atoms with Crippen molar-refractivity contribution in [1.82, 2.24) is 4.57 Å². The Morgan fingerprint density at radius 1 is 1.10 bits per heavy atom. The van der Waals surface area contributed by atoms with E-state index in [0.717, 1.165) is 10.2 Å². The maximum Gasteiger partial charge on any atom is 0.337 e. The summed E-state index contributed by atoms with van der Waals surface area (Å²) in [6, 6.07) is 11.2. The van der Waals surface area contributed by atoms with E-state index < -0.39 is 21.7 Å². The number of ether oxygens (including phenoxy) is 2. The number of nitrogens with zero attached hydrogens (tertiary/aromatic N) is 2. The van der Waals surface area contributed by atoms with Gasteiger partial charge in [0.15, 0.2) is 14.6 Å². The Morgan fingerprint density at radius 2 is 1.81 bits per heavy atom. The minimum absolute atomic E-state index is 0.0110. The van der Waals surface area contributed by atoms with Crippen molar-refractivity contribution >= 4 is 43.3 Å². The predicted octanol–water partition coefficient (Wildman–Crippen LogP) is 2.72. The SMILES string of the molecule is COC(=O)c1ccc2c(c1)sc(=NC(=O)CCCS(=O)(=O)c1ccc(OC)cc1)n2C. The lowest BCUT2D eigenvalue weighted by Gasteiger charge is -2.05. The molecule has 0 saturated carbocycles. The number of hydrogen-bond donors (Lipinski definition) is 0. The molecule has 8 nitrogen and oxygen atoms in total. The van der Waals surface area contributed by atoms with Gasteiger partial charge in [0.2, 0.25) is 5.91 Å². The van der Waals surface area contributed by atoms with Crippen LogP contribution in [0.2, 0.25) is 0 Å². The number of amides is 1. The third kappa shape index (κ3) is 5.20. The van der Waals surface area contributed by atoms with Gasteiger partial charge >= 0.3 is 5.97 Å². The number of sulfone groups is 1. The van der Waals surface area contributed by atoms with E-state index in [-0.39, 0.29) is 23.5 Å². The first kappa shape index (κ1) is 22.7. The van der Waals surface area contributed by atoms with E-state index in [4.69, 9.17) is 9.47 Å². The van der Waals surface area contributed by atoms with Crippen LogP contribution in [0, 0.1) is 0 Å². The number of esters is 1. The smallest absolute Gasteiger partial charge is 0.337 e. The first-order chi connectivity index (χ1) is 14.7. The minimum atomic E-state index is -3.49. The third-order valence-corrected chi connectivity index (χ3v) is 7.58. The predicted molar refractivity (Wildman–Crippen MR) is 117 cm³/mol. The lowest BCUT2D eigenvalue weighted by Crippen LogP contribution is -2.14. The Morgan fingerprint density at radius 3 is 2.45 bits per heavy atom. The normalized spacial score (nSPS) is 12.2. The molecule has 0 bridgehead atoms. The highest BCUT2D eigenvalue weighted by Gasteiger charge is 2.15. The van der Waals surface area contributed by atoms with Crippen LogP contribution in [0.4, 0.5) is 0 Å². The van der Waals surface area contributed by atoms with Gasteiger partial charge in [0.05, 0.1) is 40.6 Å². The second kappa shape index (κ2) is 9.44. The molecule has 3 aromatic rings. The number of carbonyl (C=O) groups is 2. The fraction of sp³-hybridized carbons (Fsp3) is 0.286. The summed E-state index contributed by atoms with van der Waals surface area (Å²) >= 11 is 1.27. The molecule has 3 rings (SSSR count). The van der Waals surface area contributed by atoms with Crippen molar-refractivity contribution in [3.8, 4) is 5.75 Å². The fourth-order valence-electron chi connectivity index (χ4n) is 2.96. The van der Waals surface area contributed by atoms with Crippen molar-refractivity contribution in [2.45, 2.75) is 17.7 Å². The second-order valence-corrected chi connectivity index (χ2v) is 9.84. The van der Waals surface area contributed by atoms with Crippen molar-refractivity contribution in [3.63, 3.8) is 0 Å².